The Morgan fingerprint density at radius 1 is 1.19 bits per heavy atom. The van der Waals surface area contributed by atoms with Crippen LogP contribution in [0.3, 0.4) is 0 Å². The number of nitrogens with one attached hydrogen (secondary N) is 3. The van der Waals surface area contributed by atoms with E-state index in [0.717, 1.165) is 6.08 Å². The number of hydrogen-bond donors (Lipinski definition) is 3. The fourth-order valence-corrected chi connectivity index (χ4v) is 2.31. The second-order valence-corrected chi connectivity index (χ2v) is 5.89. The van der Waals surface area contributed by atoms with Gasteiger partial charge in [0.1, 0.15) is 12.4 Å². The normalized spacial score (nSPS) is 13.5. The first-order valence-electron chi connectivity index (χ1n) is 11.9. The van der Waals surface area contributed by atoms with E-state index in [0.29, 0.717) is 11.4 Å². The molecular formula is C22H22FN5O3. The topological polar surface area (TPSA) is 97.4 Å². The summed E-state index contributed by atoms with van der Waals surface area (Å²) in [6.45, 7) is 3.24. The fraction of sp³-hybridized carbons (Fsp3) is 0.136. The molecule has 0 fully saturated rings. The van der Waals surface area contributed by atoms with Crippen molar-refractivity contribution in [3.63, 3.8) is 0 Å². The van der Waals surface area contributed by atoms with Crippen LogP contribution in [0.4, 0.5) is 33.2 Å². The molecule has 0 aliphatic heterocycles. The first-order chi connectivity index (χ1) is 17.4. The molecule has 0 aliphatic carbocycles. The molecule has 8 nitrogen and oxygen atoms in total. The van der Waals surface area contributed by atoms with E-state index in [1.54, 1.807) is 24.3 Å². The summed E-state index contributed by atoms with van der Waals surface area (Å²) in [5.74, 6) is -1.77. The predicted molar refractivity (Wildman–Crippen MR) is 118 cm³/mol. The number of amides is 1. The lowest BCUT2D eigenvalue weighted by atomic mass is 10.2. The molecule has 0 radical (unpaired) electrons. The van der Waals surface area contributed by atoms with Gasteiger partial charge < -0.3 is 25.4 Å². The molecule has 3 N–H and O–H groups in total. The zero-order chi connectivity index (χ0) is 27.2. The van der Waals surface area contributed by atoms with Crippen LogP contribution in [-0.2, 0) is 9.53 Å². The average Bonchev–Trinajstić information content (AvgIpc) is 2.83. The zero-order valence-corrected chi connectivity index (χ0v) is 16.2. The molecule has 0 aliphatic rings. The Bertz CT molecular complexity index is 1290. The van der Waals surface area contributed by atoms with Crippen LogP contribution < -0.4 is 20.7 Å². The van der Waals surface area contributed by atoms with Crippen LogP contribution in [0.25, 0.3) is 0 Å². The van der Waals surface area contributed by atoms with Gasteiger partial charge in [-0.25, -0.2) is 9.37 Å². The van der Waals surface area contributed by atoms with E-state index in [1.807, 2.05) is 0 Å². The van der Waals surface area contributed by atoms with E-state index < -0.39 is 30.8 Å². The highest BCUT2D eigenvalue weighted by Gasteiger charge is 2.09. The van der Waals surface area contributed by atoms with Crippen molar-refractivity contribution in [1.29, 1.82) is 0 Å². The van der Waals surface area contributed by atoms with Gasteiger partial charge in [0, 0.05) is 24.1 Å². The van der Waals surface area contributed by atoms with Crippen molar-refractivity contribution in [2.75, 3.05) is 36.2 Å². The second-order valence-electron chi connectivity index (χ2n) is 5.89. The van der Waals surface area contributed by atoms with Crippen molar-refractivity contribution in [3.05, 3.63) is 73.1 Å². The van der Waals surface area contributed by atoms with Crippen LogP contribution >= 0.6 is 0 Å². The van der Waals surface area contributed by atoms with Gasteiger partial charge in [-0.1, -0.05) is 12.6 Å². The molecular weight excluding hydrogens is 401 g/mol. The van der Waals surface area contributed by atoms with Gasteiger partial charge in [0.05, 0.1) is 21.0 Å². The molecule has 3 aromatic rings. The summed E-state index contributed by atoms with van der Waals surface area (Å²) < 4.78 is 69.6. The maximum Gasteiger partial charge on any atom is 0.247 e. The lowest BCUT2D eigenvalue weighted by Crippen LogP contribution is -2.07. The first kappa shape index (κ1) is 14.9. The van der Waals surface area contributed by atoms with Crippen LogP contribution in [-0.4, -0.2) is 36.1 Å². The van der Waals surface area contributed by atoms with Gasteiger partial charge in [-0.15, -0.1) is 0 Å². The third-order valence-electron chi connectivity index (χ3n) is 3.67. The quantitative estimate of drug-likeness (QED) is 0.327. The molecule has 0 spiro atoms. The molecule has 0 unspecified atom stereocenters. The highest BCUT2D eigenvalue weighted by atomic mass is 19.1. The SMILES string of the molecule is [2H]c1cc(NC(=O)C=C)c([2H])c(Nc2nc(Nc3ccc(OCCOC([2H])([2H])[2H])cc3)nc([2H])c2F)c1. The Balaban J connectivity index is 1.74. The lowest BCUT2D eigenvalue weighted by molar-refractivity contribution is -0.111. The Morgan fingerprint density at radius 2 is 2.00 bits per heavy atom. The molecule has 2 aromatic carbocycles. The number of halogens is 1. The van der Waals surface area contributed by atoms with E-state index in [4.69, 9.17) is 13.0 Å². The Morgan fingerprint density at radius 3 is 2.77 bits per heavy atom. The second kappa shape index (κ2) is 10.7. The van der Waals surface area contributed by atoms with E-state index in [2.05, 4.69) is 37.2 Å². The maximum atomic E-state index is 14.6. The smallest absolute Gasteiger partial charge is 0.247 e. The van der Waals surface area contributed by atoms with Crippen molar-refractivity contribution in [1.82, 2.24) is 9.97 Å². The standard InChI is InChI=1S/C22H22FN5O3/c1-3-20(29)25-16-5-4-6-17(13-16)26-21-19(23)14-24-22(28-21)27-15-7-9-18(10-8-15)31-12-11-30-2/h3-10,13-14H,1,11-12H2,2H3,(H,25,29)(H2,24,26,27,28)/i2D3,4D,13D,14D. The Labute approximate surface area is 187 Å². The summed E-state index contributed by atoms with van der Waals surface area (Å²) in [6, 6.07) is 8.58. The van der Waals surface area contributed by atoms with Gasteiger partial charge in [0.15, 0.2) is 11.6 Å². The number of aromatic nitrogens is 2. The number of anilines is 5. The van der Waals surface area contributed by atoms with Crippen molar-refractivity contribution < 1.29 is 26.9 Å². The summed E-state index contributed by atoms with van der Waals surface area (Å²) in [5, 5.41) is 7.82. The molecule has 0 bridgehead atoms. The first-order valence-corrected chi connectivity index (χ1v) is 8.95. The third kappa shape index (κ3) is 6.51. The largest absolute Gasteiger partial charge is 0.491 e. The minimum atomic E-state index is -2.49. The summed E-state index contributed by atoms with van der Waals surface area (Å²) in [6.07, 6.45) is 0.286. The van der Waals surface area contributed by atoms with Crippen molar-refractivity contribution in [2.24, 2.45) is 0 Å². The minimum Gasteiger partial charge on any atom is -0.491 e. The maximum absolute atomic E-state index is 14.6. The van der Waals surface area contributed by atoms with Crippen LogP contribution in [0.15, 0.2) is 67.3 Å². The molecule has 1 amide bonds. The molecule has 0 atom stereocenters. The number of rotatable bonds is 10. The van der Waals surface area contributed by atoms with Crippen LogP contribution in [0, 0.1) is 5.82 Å². The molecule has 9 heteroatoms. The molecule has 0 saturated heterocycles. The number of carbonyl (C=O) groups is 1. The van der Waals surface area contributed by atoms with Crippen molar-refractivity contribution >= 4 is 34.7 Å². The molecule has 1 heterocycles. The average molecular weight is 429 g/mol. The van der Waals surface area contributed by atoms with Gasteiger partial charge in [-0.3, -0.25) is 4.79 Å². The Hall–Kier alpha value is -3.98. The summed E-state index contributed by atoms with van der Waals surface area (Å²) >= 11 is 0. The summed E-state index contributed by atoms with van der Waals surface area (Å²) in [5.41, 5.74) is 0.455. The number of nitrogens with zero attached hydrogens (tertiary/aromatic N) is 2. The third-order valence-corrected chi connectivity index (χ3v) is 3.67. The lowest BCUT2D eigenvalue weighted by Gasteiger charge is -2.11. The zero-order valence-electron chi connectivity index (χ0n) is 22.2. The number of benzene rings is 2. The minimum absolute atomic E-state index is 0.00564. The highest BCUT2D eigenvalue weighted by Crippen LogP contribution is 2.23. The molecule has 3 rings (SSSR count). The highest BCUT2D eigenvalue weighted by molar-refractivity contribution is 5.99. The molecule has 0 saturated carbocycles. The van der Waals surface area contributed by atoms with Crippen LogP contribution in [0.5, 0.6) is 5.75 Å². The number of carbonyl (C=O) groups excluding carboxylic acids is 1. The number of ether oxygens (including phenoxy) is 2. The van der Waals surface area contributed by atoms with E-state index >= 15 is 0 Å². The van der Waals surface area contributed by atoms with Crippen LogP contribution in [0.2, 0.25) is 0 Å². The van der Waals surface area contributed by atoms with Gasteiger partial charge in [-0.05, 0) is 48.5 Å². The monoisotopic (exact) mass is 429 g/mol. The number of methoxy groups -OCH3 is 1. The van der Waals surface area contributed by atoms with Gasteiger partial charge in [-0.2, -0.15) is 4.98 Å². The van der Waals surface area contributed by atoms with Crippen molar-refractivity contribution in [2.45, 2.75) is 0 Å². The molecule has 160 valence electrons. The van der Waals surface area contributed by atoms with Gasteiger partial charge >= 0.3 is 0 Å². The summed E-state index contributed by atoms with van der Waals surface area (Å²) in [7, 11) is -2.49. The van der Waals surface area contributed by atoms with E-state index in [1.165, 1.54) is 12.1 Å². The van der Waals surface area contributed by atoms with E-state index in [-0.39, 0.29) is 42.6 Å². The Kier molecular flexibility index (Phi) is 5.15. The van der Waals surface area contributed by atoms with Gasteiger partial charge in [0.25, 0.3) is 0 Å². The predicted octanol–water partition coefficient (Wildman–Crippen LogP) is 4.25. The number of hydrogen-bond acceptors (Lipinski definition) is 7. The van der Waals surface area contributed by atoms with E-state index in [9.17, 15) is 9.18 Å². The fourth-order valence-electron chi connectivity index (χ4n) is 2.31. The molecule has 1 aromatic heterocycles. The molecule has 31 heavy (non-hydrogen) atoms. The van der Waals surface area contributed by atoms with Crippen molar-refractivity contribution in [3.8, 4) is 5.75 Å². The summed E-state index contributed by atoms with van der Waals surface area (Å²) in [4.78, 5) is 19.4. The van der Waals surface area contributed by atoms with Gasteiger partial charge in [0.2, 0.25) is 11.9 Å². The van der Waals surface area contributed by atoms with Crippen LogP contribution in [0.1, 0.15) is 8.22 Å².